The molecule has 1 rings (SSSR count). The summed E-state index contributed by atoms with van der Waals surface area (Å²) >= 11 is 0. The summed E-state index contributed by atoms with van der Waals surface area (Å²) in [6.45, 7) is 4.38. The fraction of sp³-hybridized carbons (Fsp3) is 0.417. The molecule has 1 amide bonds. The van der Waals surface area contributed by atoms with Crippen LogP contribution in [0.1, 0.15) is 18.1 Å². The molecule has 0 fully saturated rings. The Morgan fingerprint density at radius 3 is 2.44 bits per heavy atom. The van der Waals surface area contributed by atoms with Crippen LogP contribution in [0.25, 0.3) is 0 Å². The van der Waals surface area contributed by atoms with Crippen LogP contribution in [0.4, 0.5) is 0 Å². The van der Waals surface area contributed by atoms with Crippen molar-refractivity contribution in [3.05, 3.63) is 35.4 Å². The van der Waals surface area contributed by atoms with Gasteiger partial charge in [0.25, 0.3) is 0 Å². The third kappa shape index (κ3) is 5.14. The molecule has 3 nitrogen and oxygen atoms in total. The van der Waals surface area contributed by atoms with Gasteiger partial charge in [-0.3, -0.25) is 4.79 Å². The topological polar surface area (TPSA) is 55.1 Å². The van der Waals surface area contributed by atoms with Gasteiger partial charge in [0, 0.05) is 6.54 Å². The van der Waals surface area contributed by atoms with Crippen molar-refractivity contribution in [1.82, 2.24) is 5.32 Å². The highest BCUT2D eigenvalue weighted by atomic mass is 35.5. The van der Waals surface area contributed by atoms with Crippen molar-refractivity contribution in [1.29, 1.82) is 0 Å². The Morgan fingerprint density at radius 2 is 1.94 bits per heavy atom. The molecule has 90 valence electrons. The quantitative estimate of drug-likeness (QED) is 0.839. The van der Waals surface area contributed by atoms with Crippen molar-refractivity contribution in [2.24, 2.45) is 5.73 Å². The highest BCUT2D eigenvalue weighted by Gasteiger charge is 2.05. The summed E-state index contributed by atoms with van der Waals surface area (Å²) in [4.78, 5) is 11.2. The van der Waals surface area contributed by atoms with Gasteiger partial charge < -0.3 is 11.1 Å². The van der Waals surface area contributed by atoms with Crippen LogP contribution in [-0.4, -0.2) is 18.5 Å². The second-order valence-electron chi connectivity index (χ2n) is 3.82. The van der Waals surface area contributed by atoms with Gasteiger partial charge in [-0.05, 0) is 25.8 Å². The van der Waals surface area contributed by atoms with Crippen LogP contribution in [0, 0.1) is 6.92 Å². The first-order valence-corrected chi connectivity index (χ1v) is 5.18. The van der Waals surface area contributed by atoms with Gasteiger partial charge in [0.05, 0.1) is 6.04 Å². The van der Waals surface area contributed by atoms with Crippen molar-refractivity contribution in [3.63, 3.8) is 0 Å². The third-order valence-electron chi connectivity index (χ3n) is 2.25. The Balaban J connectivity index is 0.00000225. The maximum atomic E-state index is 11.2. The highest BCUT2D eigenvalue weighted by Crippen LogP contribution is 2.02. The third-order valence-corrected chi connectivity index (χ3v) is 2.25. The number of carbonyl (C=O) groups excluding carboxylic acids is 1. The van der Waals surface area contributed by atoms with Crippen molar-refractivity contribution in [2.45, 2.75) is 26.3 Å². The minimum absolute atomic E-state index is 0. The molecule has 0 heterocycles. The molecule has 1 unspecified atom stereocenters. The SMILES string of the molecule is Cc1ccc(CCNC(=O)C(C)N)cc1.Cl. The molecule has 0 saturated carbocycles. The van der Waals surface area contributed by atoms with Crippen LogP contribution in [0.5, 0.6) is 0 Å². The van der Waals surface area contributed by atoms with E-state index in [9.17, 15) is 4.79 Å². The van der Waals surface area contributed by atoms with E-state index in [0.717, 1.165) is 6.42 Å². The molecule has 1 aromatic carbocycles. The Hall–Kier alpha value is -1.06. The van der Waals surface area contributed by atoms with E-state index in [0.29, 0.717) is 6.54 Å². The smallest absolute Gasteiger partial charge is 0.236 e. The molecular formula is C12H19ClN2O. The lowest BCUT2D eigenvalue weighted by Crippen LogP contribution is -2.39. The number of amides is 1. The first-order valence-electron chi connectivity index (χ1n) is 5.18. The van der Waals surface area contributed by atoms with Gasteiger partial charge in [-0.2, -0.15) is 0 Å². The standard InChI is InChI=1S/C12H18N2O.ClH/c1-9-3-5-11(6-4-9)7-8-14-12(15)10(2)13;/h3-6,10H,7-8,13H2,1-2H3,(H,14,15);1H. The van der Waals surface area contributed by atoms with E-state index in [1.165, 1.54) is 11.1 Å². The fourth-order valence-electron chi connectivity index (χ4n) is 1.25. The maximum absolute atomic E-state index is 11.2. The number of hydrogen-bond acceptors (Lipinski definition) is 2. The minimum Gasteiger partial charge on any atom is -0.354 e. The number of nitrogens with two attached hydrogens (primary N) is 1. The van der Waals surface area contributed by atoms with Crippen molar-refractivity contribution in [3.8, 4) is 0 Å². The highest BCUT2D eigenvalue weighted by molar-refractivity contribution is 5.85. The van der Waals surface area contributed by atoms with Crippen molar-refractivity contribution < 1.29 is 4.79 Å². The molecule has 16 heavy (non-hydrogen) atoms. The van der Waals surface area contributed by atoms with Crippen LogP contribution in [0.2, 0.25) is 0 Å². The van der Waals surface area contributed by atoms with Gasteiger partial charge >= 0.3 is 0 Å². The summed E-state index contributed by atoms with van der Waals surface area (Å²) < 4.78 is 0. The molecule has 3 N–H and O–H groups in total. The van der Waals surface area contributed by atoms with Gasteiger partial charge in [0.1, 0.15) is 0 Å². The monoisotopic (exact) mass is 242 g/mol. The van der Waals surface area contributed by atoms with Crippen LogP contribution in [0.15, 0.2) is 24.3 Å². The summed E-state index contributed by atoms with van der Waals surface area (Å²) in [6.07, 6.45) is 0.846. The summed E-state index contributed by atoms with van der Waals surface area (Å²) in [5, 5.41) is 2.78. The van der Waals surface area contributed by atoms with Gasteiger partial charge in [0.15, 0.2) is 0 Å². The first-order chi connectivity index (χ1) is 7.09. The lowest BCUT2D eigenvalue weighted by Gasteiger charge is -2.07. The van der Waals surface area contributed by atoms with E-state index < -0.39 is 6.04 Å². The van der Waals surface area contributed by atoms with E-state index >= 15 is 0 Å². The molecule has 0 spiro atoms. The Labute approximate surface area is 103 Å². The lowest BCUT2D eigenvalue weighted by molar-refractivity contribution is -0.121. The number of aryl methyl sites for hydroxylation is 1. The predicted octanol–water partition coefficient (Wildman–Crippen LogP) is 1.42. The van der Waals surface area contributed by atoms with E-state index in [1.807, 2.05) is 0 Å². The zero-order valence-corrected chi connectivity index (χ0v) is 10.5. The summed E-state index contributed by atoms with van der Waals surface area (Å²) in [6, 6.07) is 7.87. The second-order valence-corrected chi connectivity index (χ2v) is 3.82. The van der Waals surface area contributed by atoms with Crippen LogP contribution in [0.3, 0.4) is 0 Å². The molecule has 0 saturated heterocycles. The predicted molar refractivity (Wildman–Crippen MR) is 68.8 cm³/mol. The van der Waals surface area contributed by atoms with Crippen LogP contribution < -0.4 is 11.1 Å². The second kappa shape index (κ2) is 7.25. The fourth-order valence-corrected chi connectivity index (χ4v) is 1.25. The average Bonchev–Trinajstić information content (AvgIpc) is 2.20. The molecule has 0 bridgehead atoms. The molecule has 0 aliphatic carbocycles. The molecule has 1 aromatic rings. The Morgan fingerprint density at radius 1 is 1.38 bits per heavy atom. The number of rotatable bonds is 4. The molecule has 0 aliphatic rings. The number of hydrogen-bond donors (Lipinski definition) is 2. The average molecular weight is 243 g/mol. The number of carbonyl (C=O) groups is 1. The first kappa shape index (κ1) is 14.9. The van der Waals surface area contributed by atoms with E-state index in [-0.39, 0.29) is 18.3 Å². The van der Waals surface area contributed by atoms with Gasteiger partial charge in [-0.25, -0.2) is 0 Å². The number of halogens is 1. The number of nitrogens with one attached hydrogen (secondary N) is 1. The largest absolute Gasteiger partial charge is 0.354 e. The number of benzene rings is 1. The van der Waals surface area contributed by atoms with Crippen molar-refractivity contribution >= 4 is 18.3 Å². The minimum atomic E-state index is -0.428. The zero-order valence-electron chi connectivity index (χ0n) is 9.69. The molecule has 1 atom stereocenters. The molecule has 0 aromatic heterocycles. The van der Waals surface area contributed by atoms with Gasteiger partial charge in [-0.1, -0.05) is 29.8 Å². The van der Waals surface area contributed by atoms with E-state index in [1.54, 1.807) is 6.92 Å². The molecule has 4 heteroatoms. The lowest BCUT2D eigenvalue weighted by atomic mass is 10.1. The summed E-state index contributed by atoms with van der Waals surface area (Å²) in [5.41, 5.74) is 7.90. The van der Waals surface area contributed by atoms with Crippen LogP contribution in [-0.2, 0) is 11.2 Å². The van der Waals surface area contributed by atoms with Crippen molar-refractivity contribution in [2.75, 3.05) is 6.54 Å². The normalized spacial score (nSPS) is 11.4. The zero-order chi connectivity index (χ0) is 11.3. The van der Waals surface area contributed by atoms with E-state index in [2.05, 4.69) is 36.5 Å². The Kier molecular flexibility index (Phi) is 6.77. The van der Waals surface area contributed by atoms with Gasteiger partial charge in [0.2, 0.25) is 5.91 Å². The van der Waals surface area contributed by atoms with Gasteiger partial charge in [-0.15, -0.1) is 12.4 Å². The summed E-state index contributed by atoms with van der Waals surface area (Å²) in [7, 11) is 0. The maximum Gasteiger partial charge on any atom is 0.236 e. The van der Waals surface area contributed by atoms with Crippen LogP contribution >= 0.6 is 12.4 Å². The molecular weight excluding hydrogens is 224 g/mol. The summed E-state index contributed by atoms with van der Waals surface area (Å²) in [5.74, 6) is -0.0953. The van der Waals surface area contributed by atoms with E-state index in [4.69, 9.17) is 5.73 Å². The Bertz CT molecular complexity index is 322. The molecule has 0 aliphatic heterocycles. The molecule has 0 radical (unpaired) electrons.